The lowest BCUT2D eigenvalue weighted by Crippen LogP contribution is -1.99. The molecule has 0 aliphatic heterocycles. The molecule has 1 nitrogen and oxygen atoms in total. The Morgan fingerprint density at radius 2 is 2.40 bits per heavy atom. The lowest BCUT2D eigenvalue weighted by molar-refractivity contribution is 1.06. The topological polar surface area (TPSA) is 12.0 Å². The Bertz CT molecular complexity index is 17.1. The minimum absolute atomic E-state index is 0.658. The fourth-order valence-corrected chi connectivity index (χ4v) is 0.557. The molecule has 0 radical (unpaired) electrons. The molecule has 0 aliphatic rings. The summed E-state index contributed by atoms with van der Waals surface area (Å²) >= 11 is 8.18. The van der Waals surface area contributed by atoms with Gasteiger partial charge in [-0.3, -0.25) is 4.34 Å². The van der Waals surface area contributed by atoms with Crippen molar-refractivity contribution in [1.82, 2.24) is 4.34 Å². The van der Waals surface area contributed by atoms with Crippen molar-refractivity contribution in [1.29, 1.82) is 0 Å². The Kier molecular flexibility index (Phi) is 5.42. The predicted octanol–water partition coefficient (Wildman–Crippen LogP) is 1.12. The summed E-state index contributed by atoms with van der Waals surface area (Å²) in [6.45, 7) is 0.821. The predicted molar refractivity (Wildman–Crippen MR) is 27.6 cm³/mol. The van der Waals surface area contributed by atoms with Crippen molar-refractivity contribution in [2.75, 3.05) is 12.4 Å². The van der Waals surface area contributed by atoms with E-state index in [-0.39, 0.29) is 0 Å². The van der Waals surface area contributed by atoms with Crippen LogP contribution in [0.1, 0.15) is 0 Å². The number of alkyl halides is 1. The van der Waals surface area contributed by atoms with Crippen LogP contribution in [0.2, 0.25) is 0 Å². The third kappa shape index (κ3) is 4.73. The van der Waals surface area contributed by atoms with Gasteiger partial charge >= 0.3 is 0 Å². The zero-order chi connectivity index (χ0) is 4.12. The minimum Gasteiger partial charge on any atom is -0.255 e. The van der Waals surface area contributed by atoms with Gasteiger partial charge in [-0.15, -0.1) is 11.6 Å². The summed E-state index contributed by atoms with van der Waals surface area (Å²) in [6.07, 6.45) is 0. The molecule has 0 atom stereocenters. The van der Waals surface area contributed by atoms with E-state index in [2.05, 4.69) is 20.5 Å². The van der Waals surface area contributed by atoms with Gasteiger partial charge in [0.2, 0.25) is 0 Å². The summed E-state index contributed by atoms with van der Waals surface area (Å²) < 4.78 is 2.70. The lowest BCUT2D eigenvalue weighted by Gasteiger charge is -1.80. The highest BCUT2D eigenvalue weighted by molar-refractivity contribution is 9.08. The second-order valence-corrected chi connectivity index (χ2v) is 1.51. The summed E-state index contributed by atoms with van der Waals surface area (Å²) in [5, 5.41) is 0. The molecule has 0 fully saturated rings. The van der Waals surface area contributed by atoms with Crippen LogP contribution in [0.4, 0.5) is 0 Å². The van der Waals surface area contributed by atoms with Crippen LogP contribution in [0.15, 0.2) is 0 Å². The van der Waals surface area contributed by atoms with Crippen LogP contribution in [-0.2, 0) is 0 Å². The first-order valence-electron chi connectivity index (χ1n) is 1.31. The fourth-order valence-electron chi connectivity index (χ4n) is 0.0357. The first-order chi connectivity index (χ1) is 2.41. The first kappa shape index (κ1) is 5.73. The van der Waals surface area contributed by atoms with Crippen LogP contribution < -0.4 is 4.34 Å². The maximum absolute atomic E-state index is 5.21. The molecule has 0 amide bonds. The molecule has 3 heteroatoms. The quantitative estimate of drug-likeness (QED) is 0.469. The van der Waals surface area contributed by atoms with Crippen molar-refractivity contribution < 1.29 is 0 Å². The molecule has 0 saturated carbocycles. The molecule has 0 heterocycles. The van der Waals surface area contributed by atoms with Gasteiger partial charge in [0.05, 0.1) is 0 Å². The van der Waals surface area contributed by atoms with Crippen molar-refractivity contribution in [3.63, 3.8) is 0 Å². The highest BCUT2D eigenvalue weighted by atomic mass is 79.9. The van der Waals surface area contributed by atoms with E-state index < -0.39 is 0 Å². The molecule has 0 aromatic carbocycles. The van der Waals surface area contributed by atoms with Gasteiger partial charge < -0.3 is 0 Å². The molecule has 0 rings (SSSR count). The Labute approximate surface area is 45.0 Å². The summed E-state index contributed by atoms with van der Waals surface area (Å²) in [6, 6.07) is 0. The van der Waals surface area contributed by atoms with Gasteiger partial charge in [0.15, 0.2) is 0 Å². The zero-order valence-electron chi connectivity index (χ0n) is 2.67. The average molecular weight is 158 g/mol. The van der Waals surface area contributed by atoms with Gasteiger partial charge in [0, 0.05) is 28.6 Å². The number of rotatable bonds is 2. The van der Waals surface area contributed by atoms with E-state index in [0.29, 0.717) is 5.88 Å². The second-order valence-electron chi connectivity index (χ2n) is 0.573. The van der Waals surface area contributed by atoms with Crippen molar-refractivity contribution >= 4 is 27.7 Å². The third-order valence-electron chi connectivity index (χ3n) is 0.189. The maximum atomic E-state index is 5.21. The van der Waals surface area contributed by atoms with Crippen molar-refractivity contribution in [2.24, 2.45) is 0 Å². The number of hydrogen-bond donors (Lipinski definition) is 1. The molecule has 1 N–H and O–H groups in total. The van der Waals surface area contributed by atoms with Crippen LogP contribution in [0.3, 0.4) is 0 Å². The molecular formula is C2H5BrClN. The molecule has 0 aromatic heterocycles. The van der Waals surface area contributed by atoms with Gasteiger partial charge in [-0.1, -0.05) is 0 Å². The molecule has 32 valence electrons. The van der Waals surface area contributed by atoms with Crippen LogP contribution >= 0.6 is 27.7 Å². The van der Waals surface area contributed by atoms with E-state index >= 15 is 0 Å². The third-order valence-corrected chi connectivity index (χ3v) is 0.774. The van der Waals surface area contributed by atoms with Gasteiger partial charge in [-0.2, -0.15) is 0 Å². The summed E-state index contributed by atoms with van der Waals surface area (Å²) in [5.74, 6) is 0.658. The highest BCUT2D eigenvalue weighted by Gasteiger charge is 1.68. The van der Waals surface area contributed by atoms with E-state index in [1.165, 1.54) is 0 Å². The Balaban J connectivity index is 2.19. The number of halogens is 2. The molecular weight excluding hydrogens is 153 g/mol. The van der Waals surface area contributed by atoms with E-state index in [9.17, 15) is 0 Å². The monoisotopic (exact) mass is 157 g/mol. The van der Waals surface area contributed by atoms with E-state index in [4.69, 9.17) is 11.6 Å². The molecule has 5 heavy (non-hydrogen) atoms. The minimum atomic E-state index is 0.658. The number of hydrogen-bond acceptors (Lipinski definition) is 1. The van der Waals surface area contributed by atoms with Crippen molar-refractivity contribution in [3.8, 4) is 0 Å². The van der Waals surface area contributed by atoms with Crippen LogP contribution in [0.25, 0.3) is 0 Å². The fraction of sp³-hybridized carbons (Fsp3) is 1.00. The summed E-state index contributed by atoms with van der Waals surface area (Å²) in [5.41, 5.74) is 0. The van der Waals surface area contributed by atoms with Crippen molar-refractivity contribution in [2.45, 2.75) is 0 Å². The Morgan fingerprint density at radius 3 is 2.40 bits per heavy atom. The zero-order valence-corrected chi connectivity index (χ0v) is 5.01. The van der Waals surface area contributed by atoms with Gasteiger partial charge in [0.25, 0.3) is 0 Å². The largest absolute Gasteiger partial charge is 0.255 e. The Morgan fingerprint density at radius 1 is 1.80 bits per heavy atom. The molecule has 0 spiro atoms. The van der Waals surface area contributed by atoms with E-state index in [0.717, 1.165) is 6.54 Å². The van der Waals surface area contributed by atoms with E-state index in [1.54, 1.807) is 0 Å². The van der Waals surface area contributed by atoms with E-state index in [1.807, 2.05) is 0 Å². The molecule has 0 saturated heterocycles. The molecule has 0 aromatic rings. The standard InChI is InChI=1S/C2H5BrClN/c3-5-2-1-4/h5H,1-2H2. The maximum Gasteiger partial charge on any atom is 0.0357 e. The number of nitrogens with one attached hydrogen (secondary N) is 1. The first-order valence-corrected chi connectivity index (χ1v) is 2.64. The normalized spacial score (nSPS) is 8.40. The van der Waals surface area contributed by atoms with Crippen LogP contribution in [-0.4, -0.2) is 12.4 Å². The average Bonchev–Trinajstić information content (AvgIpc) is 1.41. The second kappa shape index (κ2) is 4.73. The summed E-state index contributed by atoms with van der Waals surface area (Å²) in [4.78, 5) is 0. The SMILES string of the molecule is ClCCNBr. The van der Waals surface area contributed by atoms with Gasteiger partial charge in [-0.05, 0) is 0 Å². The van der Waals surface area contributed by atoms with Crippen LogP contribution in [0.5, 0.6) is 0 Å². The molecule has 0 unspecified atom stereocenters. The highest BCUT2D eigenvalue weighted by Crippen LogP contribution is 1.70. The molecule has 0 bridgehead atoms. The smallest absolute Gasteiger partial charge is 0.0357 e. The Hall–Kier alpha value is 0.730. The van der Waals surface area contributed by atoms with Crippen LogP contribution in [0, 0.1) is 0 Å². The summed E-state index contributed by atoms with van der Waals surface area (Å²) in [7, 11) is 0. The lowest BCUT2D eigenvalue weighted by atomic mass is 10.8. The molecule has 0 aliphatic carbocycles. The van der Waals surface area contributed by atoms with Crippen molar-refractivity contribution in [3.05, 3.63) is 0 Å². The van der Waals surface area contributed by atoms with Gasteiger partial charge in [0.1, 0.15) is 0 Å². The van der Waals surface area contributed by atoms with Gasteiger partial charge in [-0.25, -0.2) is 0 Å².